The highest BCUT2D eigenvalue weighted by molar-refractivity contribution is 7.90. The van der Waals surface area contributed by atoms with Crippen molar-refractivity contribution in [2.45, 2.75) is 37.6 Å². The zero-order valence-electron chi connectivity index (χ0n) is 17.9. The van der Waals surface area contributed by atoms with Gasteiger partial charge in [0.05, 0.1) is 14.2 Å². The van der Waals surface area contributed by atoms with E-state index in [1.165, 1.54) is 4.31 Å². The van der Waals surface area contributed by atoms with E-state index in [-0.39, 0.29) is 19.5 Å². The number of benzene rings is 2. The Labute approximate surface area is 184 Å². The average Bonchev–Trinajstić information content (AvgIpc) is 2.76. The average molecular weight is 448 g/mol. The monoisotopic (exact) mass is 447 g/mol. The number of hydrogen-bond acceptors (Lipinski definition) is 5. The molecule has 7 nitrogen and oxygen atoms in total. The van der Waals surface area contributed by atoms with Crippen LogP contribution in [0.2, 0.25) is 0 Å². The molecule has 0 radical (unpaired) electrons. The Morgan fingerprint density at radius 3 is 1.81 bits per heavy atom. The fourth-order valence-electron chi connectivity index (χ4n) is 3.13. The topological polar surface area (TPSA) is 93.1 Å². The van der Waals surface area contributed by atoms with Crippen LogP contribution in [0.3, 0.4) is 0 Å². The number of carboxylic acid groups (broad SMARTS) is 1. The van der Waals surface area contributed by atoms with E-state index in [2.05, 4.69) is 6.58 Å². The Morgan fingerprint density at radius 1 is 1.00 bits per heavy atom. The summed E-state index contributed by atoms with van der Waals surface area (Å²) in [5.74, 6) is -0.0409. The zero-order valence-corrected chi connectivity index (χ0v) is 18.7. The third-order valence-electron chi connectivity index (χ3n) is 4.91. The summed E-state index contributed by atoms with van der Waals surface area (Å²) in [4.78, 5) is 11.9. The molecular weight excluding hydrogens is 418 g/mol. The first-order chi connectivity index (χ1) is 14.8. The molecule has 2 rings (SSSR count). The molecule has 0 saturated heterocycles. The van der Waals surface area contributed by atoms with Crippen LogP contribution in [0.1, 0.15) is 30.4 Å². The van der Waals surface area contributed by atoms with Crippen LogP contribution in [0.15, 0.2) is 61.2 Å². The van der Waals surface area contributed by atoms with Gasteiger partial charge in [0.2, 0.25) is 10.0 Å². The van der Waals surface area contributed by atoms with Crippen LogP contribution in [0, 0.1) is 0 Å². The fraction of sp³-hybridized carbons (Fsp3) is 0.348. The van der Waals surface area contributed by atoms with Gasteiger partial charge in [-0.15, -0.1) is 6.58 Å². The van der Waals surface area contributed by atoms with Crippen molar-refractivity contribution in [3.05, 3.63) is 72.3 Å². The standard InChI is InChI=1S/C23H29NO6S/c1-4-5-6-7-22(23(25)26)31(27,28)24(16-18-8-12-20(29-2)13-9-18)17-19-10-14-21(30-3)15-11-19/h4,8-15,22H,1,5-7,16-17H2,2-3H3,(H,25,26)/t22-/m0/s1. The number of nitrogens with zero attached hydrogens (tertiary/aromatic N) is 1. The van der Waals surface area contributed by atoms with E-state index in [1.54, 1.807) is 68.8 Å². The SMILES string of the molecule is C=CCCC[C@@H](C(=O)O)S(=O)(=O)N(Cc1ccc(OC)cc1)Cc1ccc(OC)cc1. The largest absolute Gasteiger partial charge is 0.497 e. The van der Waals surface area contributed by atoms with Gasteiger partial charge >= 0.3 is 5.97 Å². The fourth-order valence-corrected chi connectivity index (χ4v) is 4.87. The predicted molar refractivity (Wildman–Crippen MR) is 120 cm³/mol. The molecule has 0 aliphatic heterocycles. The third-order valence-corrected chi connectivity index (χ3v) is 7.04. The summed E-state index contributed by atoms with van der Waals surface area (Å²) in [6, 6.07) is 14.0. The number of carbonyl (C=O) groups is 1. The van der Waals surface area contributed by atoms with Crippen molar-refractivity contribution in [1.82, 2.24) is 4.31 Å². The molecule has 168 valence electrons. The molecule has 0 bridgehead atoms. The maximum Gasteiger partial charge on any atom is 0.323 e. The molecule has 0 aliphatic rings. The van der Waals surface area contributed by atoms with E-state index in [4.69, 9.17) is 9.47 Å². The second-order valence-electron chi connectivity index (χ2n) is 7.06. The van der Waals surface area contributed by atoms with Gasteiger partial charge in [0.1, 0.15) is 11.5 Å². The summed E-state index contributed by atoms with van der Waals surface area (Å²) in [5, 5.41) is 8.14. The van der Waals surface area contributed by atoms with Crippen molar-refractivity contribution in [2.75, 3.05) is 14.2 Å². The lowest BCUT2D eigenvalue weighted by Crippen LogP contribution is -2.42. The van der Waals surface area contributed by atoms with E-state index in [9.17, 15) is 18.3 Å². The van der Waals surface area contributed by atoms with Gasteiger partial charge in [0, 0.05) is 13.1 Å². The van der Waals surface area contributed by atoms with Crippen LogP contribution in [0.5, 0.6) is 11.5 Å². The number of rotatable bonds is 13. The predicted octanol–water partition coefficient (Wildman–Crippen LogP) is 3.85. The summed E-state index contributed by atoms with van der Waals surface area (Å²) in [6.45, 7) is 3.70. The number of sulfonamides is 1. The zero-order chi connectivity index (χ0) is 22.9. The smallest absolute Gasteiger partial charge is 0.323 e. The number of allylic oxidation sites excluding steroid dienone is 1. The van der Waals surface area contributed by atoms with Gasteiger partial charge < -0.3 is 14.6 Å². The number of ether oxygens (including phenoxy) is 2. The van der Waals surface area contributed by atoms with Crippen molar-refractivity contribution < 1.29 is 27.8 Å². The summed E-state index contributed by atoms with van der Waals surface area (Å²) in [6.07, 6.45) is 2.65. The molecule has 31 heavy (non-hydrogen) atoms. The molecule has 2 aromatic carbocycles. The lowest BCUT2D eigenvalue weighted by molar-refractivity contribution is -0.136. The number of aliphatic carboxylic acids is 1. The molecule has 1 atom stereocenters. The third kappa shape index (κ3) is 6.83. The molecule has 0 spiro atoms. The molecule has 0 fully saturated rings. The Morgan fingerprint density at radius 2 is 1.45 bits per heavy atom. The number of methoxy groups -OCH3 is 2. The van der Waals surface area contributed by atoms with Crippen molar-refractivity contribution in [1.29, 1.82) is 0 Å². The Kier molecular flexibility index (Phi) is 9.08. The molecule has 2 aromatic rings. The van der Waals surface area contributed by atoms with Crippen molar-refractivity contribution >= 4 is 16.0 Å². The van der Waals surface area contributed by atoms with Crippen LogP contribution in [0.25, 0.3) is 0 Å². The molecule has 0 aromatic heterocycles. The van der Waals surface area contributed by atoms with E-state index in [1.807, 2.05) is 0 Å². The molecule has 1 N–H and O–H groups in total. The minimum atomic E-state index is -4.13. The summed E-state index contributed by atoms with van der Waals surface area (Å²) < 4.78 is 38.3. The van der Waals surface area contributed by atoms with Crippen LogP contribution < -0.4 is 9.47 Å². The first-order valence-corrected chi connectivity index (χ1v) is 11.4. The molecule has 0 heterocycles. The minimum Gasteiger partial charge on any atom is -0.497 e. The van der Waals surface area contributed by atoms with Gasteiger partial charge in [-0.25, -0.2) is 8.42 Å². The Bertz CT molecular complexity index is 905. The van der Waals surface area contributed by atoms with Gasteiger partial charge in [0.25, 0.3) is 0 Å². The van der Waals surface area contributed by atoms with Gasteiger partial charge in [-0.1, -0.05) is 30.3 Å². The quantitative estimate of drug-likeness (QED) is 0.370. The molecule has 0 aliphatic carbocycles. The molecule has 0 saturated carbocycles. The number of carboxylic acids is 1. The van der Waals surface area contributed by atoms with E-state index < -0.39 is 21.2 Å². The second-order valence-corrected chi connectivity index (χ2v) is 9.17. The van der Waals surface area contributed by atoms with Crippen LogP contribution >= 0.6 is 0 Å². The van der Waals surface area contributed by atoms with E-state index in [0.717, 1.165) is 11.1 Å². The molecule has 0 amide bonds. The first-order valence-electron chi connectivity index (χ1n) is 9.90. The lowest BCUT2D eigenvalue weighted by Gasteiger charge is -2.26. The number of unbranched alkanes of at least 4 members (excludes halogenated alkanes) is 1. The molecule has 0 unspecified atom stereocenters. The summed E-state index contributed by atoms with van der Waals surface area (Å²) in [7, 11) is -1.03. The highest BCUT2D eigenvalue weighted by Crippen LogP contribution is 2.23. The number of hydrogen-bond donors (Lipinski definition) is 1. The van der Waals surface area contributed by atoms with Crippen LogP contribution in [0.4, 0.5) is 0 Å². The maximum atomic E-state index is 13.4. The Balaban J connectivity index is 2.36. The van der Waals surface area contributed by atoms with Gasteiger partial charge in [-0.3, -0.25) is 4.79 Å². The minimum absolute atomic E-state index is 0.0193. The van der Waals surface area contributed by atoms with Gasteiger partial charge in [0.15, 0.2) is 5.25 Å². The van der Waals surface area contributed by atoms with Crippen molar-refractivity contribution in [3.8, 4) is 11.5 Å². The van der Waals surface area contributed by atoms with E-state index >= 15 is 0 Å². The van der Waals surface area contributed by atoms with Crippen LogP contribution in [-0.4, -0.2) is 43.3 Å². The van der Waals surface area contributed by atoms with Gasteiger partial charge in [-0.2, -0.15) is 4.31 Å². The van der Waals surface area contributed by atoms with E-state index in [0.29, 0.717) is 24.3 Å². The Hall–Kier alpha value is -2.84. The summed E-state index contributed by atoms with van der Waals surface area (Å²) in [5.41, 5.74) is 1.46. The van der Waals surface area contributed by atoms with Crippen molar-refractivity contribution in [3.63, 3.8) is 0 Å². The maximum absolute atomic E-state index is 13.4. The summed E-state index contributed by atoms with van der Waals surface area (Å²) >= 11 is 0. The second kappa shape index (κ2) is 11.5. The molecular formula is C23H29NO6S. The van der Waals surface area contributed by atoms with Crippen LogP contribution in [-0.2, 0) is 27.9 Å². The van der Waals surface area contributed by atoms with Gasteiger partial charge in [-0.05, 0) is 54.7 Å². The lowest BCUT2D eigenvalue weighted by atomic mass is 10.2. The first kappa shape index (κ1) is 24.4. The highest BCUT2D eigenvalue weighted by Gasteiger charge is 2.37. The highest BCUT2D eigenvalue weighted by atomic mass is 32.2. The van der Waals surface area contributed by atoms with Crippen molar-refractivity contribution in [2.24, 2.45) is 0 Å². The normalized spacial score (nSPS) is 12.4. The molecule has 8 heteroatoms.